The third kappa shape index (κ3) is 0.698. The normalized spacial score (nSPS) is 47.2. The molecule has 0 aliphatic heterocycles. The summed E-state index contributed by atoms with van der Waals surface area (Å²) in [6.07, 6.45) is 6.28. The van der Waals surface area contributed by atoms with Crippen molar-refractivity contribution in [2.75, 3.05) is 0 Å². The molecular formula is C10H14O. The molecule has 0 aromatic carbocycles. The lowest BCUT2D eigenvalue weighted by molar-refractivity contribution is 0.0406. The fourth-order valence-corrected chi connectivity index (χ4v) is 2.98. The van der Waals surface area contributed by atoms with Gasteiger partial charge in [0.05, 0.1) is 6.10 Å². The van der Waals surface area contributed by atoms with Crippen molar-refractivity contribution in [2.24, 2.45) is 11.8 Å². The highest BCUT2D eigenvalue weighted by molar-refractivity contribution is 5.28. The Kier molecular flexibility index (Phi) is 1.07. The van der Waals surface area contributed by atoms with Gasteiger partial charge in [0.15, 0.2) is 0 Å². The van der Waals surface area contributed by atoms with Crippen molar-refractivity contribution in [3.8, 4) is 0 Å². The lowest BCUT2D eigenvalue weighted by atomic mass is 9.73. The molecular weight excluding hydrogens is 136 g/mol. The van der Waals surface area contributed by atoms with E-state index in [2.05, 4.69) is 0 Å². The predicted octanol–water partition coefficient (Wildman–Crippen LogP) is 1.87. The van der Waals surface area contributed by atoms with E-state index >= 15 is 0 Å². The summed E-state index contributed by atoms with van der Waals surface area (Å²) in [5.41, 5.74) is 3.41. The van der Waals surface area contributed by atoms with Gasteiger partial charge in [0, 0.05) is 0 Å². The molecule has 1 heteroatoms. The van der Waals surface area contributed by atoms with Crippen LogP contribution in [0.1, 0.15) is 32.1 Å². The van der Waals surface area contributed by atoms with Gasteiger partial charge < -0.3 is 5.11 Å². The van der Waals surface area contributed by atoms with Crippen molar-refractivity contribution >= 4 is 0 Å². The average Bonchev–Trinajstić information content (AvgIpc) is 2.22. The van der Waals surface area contributed by atoms with Crippen molar-refractivity contribution in [1.82, 2.24) is 0 Å². The lowest BCUT2D eigenvalue weighted by Crippen LogP contribution is -2.32. The molecule has 0 heterocycles. The Hall–Kier alpha value is -0.300. The van der Waals surface area contributed by atoms with E-state index in [0.717, 1.165) is 0 Å². The van der Waals surface area contributed by atoms with Crippen molar-refractivity contribution in [3.63, 3.8) is 0 Å². The molecule has 2 saturated carbocycles. The number of rotatable bonds is 0. The second kappa shape index (κ2) is 1.89. The molecule has 1 nitrogen and oxygen atoms in total. The molecule has 60 valence electrons. The Morgan fingerprint density at radius 2 is 1.73 bits per heavy atom. The van der Waals surface area contributed by atoms with Crippen LogP contribution >= 0.6 is 0 Å². The highest BCUT2D eigenvalue weighted by Gasteiger charge is 2.42. The van der Waals surface area contributed by atoms with E-state index in [4.69, 9.17) is 0 Å². The summed E-state index contributed by atoms with van der Waals surface area (Å²) >= 11 is 0. The Bertz CT molecular complexity index is 221. The molecule has 0 amide bonds. The van der Waals surface area contributed by atoms with Gasteiger partial charge in [0.1, 0.15) is 0 Å². The maximum atomic E-state index is 9.86. The minimum absolute atomic E-state index is 0.0405. The highest BCUT2D eigenvalue weighted by atomic mass is 16.3. The van der Waals surface area contributed by atoms with Crippen LogP contribution in [0.15, 0.2) is 11.1 Å². The summed E-state index contributed by atoms with van der Waals surface area (Å²) < 4.78 is 0. The summed E-state index contributed by atoms with van der Waals surface area (Å²) in [5.74, 6) is 1.28. The Labute approximate surface area is 67.1 Å². The monoisotopic (exact) mass is 150 g/mol. The number of aliphatic hydroxyl groups excluding tert-OH is 1. The molecule has 0 saturated heterocycles. The molecule has 2 atom stereocenters. The minimum Gasteiger partial charge on any atom is -0.393 e. The highest BCUT2D eigenvalue weighted by Crippen LogP contribution is 2.51. The molecule has 0 aromatic rings. The van der Waals surface area contributed by atoms with E-state index in [9.17, 15) is 5.11 Å². The van der Waals surface area contributed by atoms with E-state index in [0.29, 0.717) is 11.8 Å². The van der Waals surface area contributed by atoms with Gasteiger partial charge in [-0.2, -0.15) is 0 Å². The summed E-state index contributed by atoms with van der Waals surface area (Å²) in [6, 6.07) is 0. The second-order valence-electron chi connectivity index (χ2n) is 4.37. The van der Waals surface area contributed by atoms with Gasteiger partial charge in [-0.05, 0) is 43.9 Å². The zero-order valence-electron chi connectivity index (χ0n) is 6.71. The first kappa shape index (κ1) is 6.24. The Morgan fingerprint density at radius 3 is 2.55 bits per heavy atom. The first-order valence-corrected chi connectivity index (χ1v) is 4.72. The number of hydrogen-bond acceptors (Lipinski definition) is 1. The van der Waals surface area contributed by atoms with Gasteiger partial charge >= 0.3 is 0 Å². The van der Waals surface area contributed by atoms with Crippen LogP contribution in [0, 0.1) is 11.8 Å². The SMILES string of the molecule is OC1C2CC(=C3CC[C@@H]1C3)C2. The van der Waals surface area contributed by atoms with Gasteiger partial charge in [-0.3, -0.25) is 0 Å². The van der Waals surface area contributed by atoms with Crippen molar-refractivity contribution in [2.45, 2.75) is 38.2 Å². The second-order valence-corrected chi connectivity index (χ2v) is 4.37. The van der Waals surface area contributed by atoms with E-state index in [1.165, 1.54) is 32.1 Å². The molecule has 0 radical (unpaired) electrons. The van der Waals surface area contributed by atoms with Crippen LogP contribution in [-0.2, 0) is 0 Å². The van der Waals surface area contributed by atoms with Crippen molar-refractivity contribution in [1.29, 1.82) is 0 Å². The number of aliphatic hydroxyl groups is 1. The molecule has 4 aliphatic carbocycles. The van der Waals surface area contributed by atoms with Crippen LogP contribution in [-0.4, -0.2) is 11.2 Å². The predicted molar refractivity (Wildman–Crippen MR) is 43.1 cm³/mol. The van der Waals surface area contributed by atoms with Gasteiger partial charge in [-0.25, -0.2) is 0 Å². The van der Waals surface area contributed by atoms with Crippen LogP contribution in [0.2, 0.25) is 0 Å². The van der Waals surface area contributed by atoms with Gasteiger partial charge in [0.2, 0.25) is 0 Å². The third-order valence-corrected chi connectivity index (χ3v) is 3.81. The average molecular weight is 150 g/mol. The molecule has 11 heavy (non-hydrogen) atoms. The van der Waals surface area contributed by atoms with Crippen molar-refractivity contribution in [3.05, 3.63) is 11.1 Å². The van der Waals surface area contributed by atoms with Gasteiger partial charge in [-0.15, -0.1) is 0 Å². The fraction of sp³-hybridized carbons (Fsp3) is 0.800. The topological polar surface area (TPSA) is 20.2 Å². The smallest absolute Gasteiger partial charge is 0.0605 e. The van der Waals surface area contributed by atoms with Crippen LogP contribution in [0.5, 0.6) is 0 Å². The first-order valence-electron chi connectivity index (χ1n) is 4.72. The zero-order valence-corrected chi connectivity index (χ0v) is 6.71. The Balaban J connectivity index is 2.02. The van der Waals surface area contributed by atoms with E-state index < -0.39 is 0 Å². The van der Waals surface area contributed by atoms with Crippen LogP contribution < -0.4 is 0 Å². The van der Waals surface area contributed by atoms with E-state index in [1.807, 2.05) is 0 Å². The van der Waals surface area contributed by atoms with Crippen LogP contribution in [0.3, 0.4) is 0 Å². The molecule has 0 aromatic heterocycles. The lowest BCUT2D eigenvalue weighted by Gasteiger charge is -2.35. The van der Waals surface area contributed by atoms with Crippen LogP contribution in [0.25, 0.3) is 0 Å². The quantitative estimate of drug-likeness (QED) is 0.523. The summed E-state index contributed by atoms with van der Waals surface area (Å²) in [4.78, 5) is 0. The molecule has 4 bridgehead atoms. The van der Waals surface area contributed by atoms with Crippen LogP contribution in [0.4, 0.5) is 0 Å². The summed E-state index contributed by atoms with van der Waals surface area (Å²) in [7, 11) is 0. The van der Waals surface area contributed by atoms with Gasteiger partial charge in [0.25, 0.3) is 0 Å². The summed E-state index contributed by atoms with van der Waals surface area (Å²) in [6.45, 7) is 0. The van der Waals surface area contributed by atoms with E-state index in [-0.39, 0.29) is 6.10 Å². The van der Waals surface area contributed by atoms with Gasteiger partial charge in [-0.1, -0.05) is 11.1 Å². The maximum absolute atomic E-state index is 9.86. The van der Waals surface area contributed by atoms with Crippen molar-refractivity contribution < 1.29 is 5.11 Å². The molecule has 4 rings (SSSR count). The molecule has 0 spiro atoms. The zero-order chi connectivity index (χ0) is 7.42. The molecule has 2 fully saturated rings. The number of allylic oxidation sites excluding steroid dienone is 2. The maximum Gasteiger partial charge on any atom is 0.0605 e. The number of hydrogen-bond donors (Lipinski definition) is 1. The molecule has 1 unspecified atom stereocenters. The molecule has 1 N–H and O–H groups in total. The van der Waals surface area contributed by atoms with E-state index in [1.54, 1.807) is 11.1 Å². The Morgan fingerprint density at radius 1 is 1.00 bits per heavy atom. The first-order chi connectivity index (χ1) is 5.34. The standard InChI is InChI=1S/C10H14O/c11-10-7-2-1-6(3-7)8-4-9(10)5-8/h7,9-11H,1-5H2/t7-,10?/m1/s1. The summed E-state index contributed by atoms with van der Waals surface area (Å²) in [5, 5.41) is 9.86. The largest absolute Gasteiger partial charge is 0.393 e. The molecule has 4 aliphatic rings. The fourth-order valence-electron chi connectivity index (χ4n) is 2.98. The minimum atomic E-state index is 0.0405. The third-order valence-electron chi connectivity index (χ3n) is 3.81.